The smallest absolute Gasteiger partial charge is 0.341 e. The third-order valence-corrected chi connectivity index (χ3v) is 9.26. The minimum absolute atomic E-state index is 0.0445. The molecule has 0 aromatic carbocycles. The maximum Gasteiger partial charge on any atom is 0.341 e. The van der Waals surface area contributed by atoms with Gasteiger partial charge < -0.3 is 14.5 Å². The van der Waals surface area contributed by atoms with Crippen molar-refractivity contribution in [2.75, 3.05) is 46.5 Å². The first-order valence-electron chi connectivity index (χ1n) is 14.1. The van der Waals surface area contributed by atoms with Crippen molar-refractivity contribution in [3.05, 3.63) is 51.0 Å². The van der Waals surface area contributed by atoms with Crippen molar-refractivity contribution in [2.24, 2.45) is 0 Å². The molecule has 2 aromatic heterocycles. The molecule has 0 atom stereocenters. The second kappa shape index (κ2) is 13.6. The number of aromatic nitrogens is 1. The van der Waals surface area contributed by atoms with E-state index in [1.54, 1.807) is 38.4 Å². The first kappa shape index (κ1) is 30.7. The SMILES string of the molecule is COCCONC(=O)N(Cc1ccsc1)C1CCN(C2(C)CCN(C(=O)c3c(C)cc(C#N)[n+](O)c3C)CC2)CC1. The average molecular weight is 586 g/mol. The number of nitriles is 1. The Balaban J connectivity index is 1.35. The number of aryl methyl sites for hydroxylation is 1. The average Bonchev–Trinajstić information content (AvgIpc) is 3.50. The highest BCUT2D eigenvalue weighted by molar-refractivity contribution is 7.07. The number of ether oxygens (including phenoxy) is 1. The third-order valence-electron chi connectivity index (χ3n) is 8.52. The summed E-state index contributed by atoms with van der Waals surface area (Å²) in [5.74, 6) is -0.115. The lowest BCUT2D eigenvalue weighted by Gasteiger charge is -2.50. The maximum atomic E-state index is 13.4. The molecule has 2 aromatic rings. The lowest BCUT2D eigenvalue weighted by atomic mass is 9.85. The van der Waals surface area contributed by atoms with Gasteiger partial charge in [-0.25, -0.2) is 10.3 Å². The van der Waals surface area contributed by atoms with Crippen LogP contribution in [-0.2, 0) is 16.1 Å². The molecule has 2 saturated heterocycles. The predicted molar refractivity (Wildman–Crippen MR) is 152 cm³/mol. The molecule has 0 bridgehead atoms. The van der Waals surface area contributed by atoms with E-state index in [2.05, 4.69) is 22.7 Å². The van der Waals surface area contributed by atoms with E-state index < -0.39 is 0 Å². The Kier molecular flexibility index (Phi) is 10.2. The lowest BCUT2D eigenvalue weighted by molar-refractivity contribution is -0.910. The second-order valence-corrected chi connectivity index (χ2v) is 11.9. The van der Waals surface area contributed by atoms with Gasteiger partial charge in [0.1, 0.15) is 5.56 Å². The summed E-state index contributed by atoms with van der Waals surface area (Å²) in [6.07, 6.45) is 3.38. The number of amides is 3. The zero-order valence-corrected chi connectivity index (χ0v) is 25.2. The molecule has 4 heterocycles. The topological polar surface area (TPSA) is 122 Å². The number of thiophene rings is 1. The zero-order valence-electron chi connectivity index (χ0n) is 24.4. The number of carbonyl (C=O) groups excluding carboxylic acids is 2. The first-order valence-corrected chi connectivity index (χ1v) is 15.0. The molecule has 41 heavy (non-hydrogen) atoms. The fourth-order valence-electron chi connectivity index (χ4n) is 5.94. The van der Waals surface area contributed by atoms with Gasteiger partial charge in [0, 0.05) is 69.1 Å². The fourth-order valence-corrected chi connectivity index (χ4v) is 6.60. The molecule has 0 radical (unpaired) electrons. The molecule has 2 aliphatic rings. The largest absolute Gasteiger partial charge is 0.382 e. The summed E-state index contributed by atoms with van der Waals surface area (Å²) in [6.45, 7) is 9.92. The Labute approximate surface area is 245 Å². The van der Waals surface area contributed by atoms with Gasteiger partial charge in [-0.1, -0.05) is 0 Å². The van der Waals surface area contributed by atoms with Crippen LogP contribution in [0, 0.1) is 25.2 Å². The fraction of sp³-hybridized carbons (Fsp3) is 0.586. The van der Waals surface area contributed by atoms with Gasteiger partial charge in [0.05, 0.1) is 13.2 Å². The van der Waals surface area contributed by atoms with Gasteiger partial charge in [-0.2, -0.15) is 16.6 Å². The standard InChI is InChI=1S/C29H40N6O5S/c1-21-17-25(18-30)35(38)22(2)26(21)27(36)32-12-8-29(3,9-13-32)33-10-5-24(6-11-33)34(19-23-7-16-41-20-23)28(37)31-40-15-14-39-4/h7,16-17,20,24H,5-6,8-15,19H2,1-4H3,(H-,31,37,38)/p+1. The molecule has 0 aliphatic carbocycles. The molecule has 2 N–H and O–H groups in total. The number of piperidine rings is 2. The molecule has 3 amide bonds. The van der Waals surface area contributed by atoms with Gasteiger partial charge in [-0.15, -0.1) is 0 Å². The van der Waals surface area contributed by atoms with Crippen LogP contribution in [0.15, 0.2) is 22.9 Å². The Morgan fingerprint density at radius 2 is 1.95 bits per heavy atom. The van der Waals surface area contributed by atoms with Crippen molar-refractivity contribution in [1.82, 2.24) is 20.2 Å². The van der Waals surface area contributed by atoms with E-state index in [9.17, 15) is 20.1 Å². The van der Waals surface area contributed by atoms with Gasteiger partial charge in [0.2, 0.25) is 5.69 Å². The number of rotatable bonds is 9. The molecular formula is C29H41N6O5S+. The Hall–Kier alpha value is -3.24. The number of hydrogen-bond donors (Lipinski definition) is 2. The van der Waals surface area contributed by atoms with Gasteiger partial charge in [0.15, 0.2) is 6.07 Å². The second-order valence-electron chi connectivity index (χ2n) is 11.1. The normalized spacial score (nSPS) is 17.7. The van der Waals surface area contributed by atoms with Crippen LogP contribution in [0.2, 0.25) is 0 Å². The number of methoxy groups -OCH3 is 1. The van der Waals surface area contributed by atoms with Gasteiger partial charge >= 0.3 is 11.7 Å². The van der Waals surface area contributed by atoms with E-state index in [4.69, 9.17) is 9.57 Å². The summed E-state index contributed by atoms with van der Waals surface area (Å²) in [5, 5.41) is 23.6. The number of carbonyl (C=O) groups is 2. The molecule has 0 spiro atoms. The zero-order chi connectivity index (χ0) is 29.6. The van der Waals surface area contributed by atoms with Crippen LogP contribution in [0.4, 0.5) is 4.79 Å². The van der Waals surface area contributed by atoms with Crippen LogP contribution < -0.4 is 10.2 Å². The lowest BCUT2D eigenvalue weighted by Crippen LogP contribution is -2.59. The van der Waals surface area contributed by atoms with Crippen molar-refractivity contribution in [2.45, 2.75) is 64.6 Å². The number of urea groups is 1. The summed E-state index contributed by atoms with van der Waals surface area (Å²) >= 11 is 1.62. The van der Waals surface area contributed by atoms with Crippen molar-refractivity contribution in [1.29, 1.82) is 5.26 Å². The number of hydroxylamine groups is 1. The minimum Gasteiger partial charge on any atom is -0.382 e. The van der Waals surface area contributed by atoms with Gasteiger partial charge in [0.25, 0.3) is 5.91 Å². The molecule has 0 saturated carbocycles. The van der Waals surface area contributed by atoms with Crippen molar-refractivity contribution in [3.63, 3.8) is 0 Å². The third kappa shape index (κ3) is 6.98. The minimum atomic E-state index is -0.235. The van der Waals surface area contributed by atoms with Crippen molar-refractivity contribution in [3.8, 4) is 6.07 Å². The summed E-state index contributed by atoms with van der Waals surface area (Å²) in [7, 11) is 1.59. The van der Waals surface area contributed by atoms with Gasteiger partial charge in [-0.3, -0.25) is 19.7 Å². The van der Waals surface area contributed by atoms with Crippen LogP contribution >= 0.6 is 11.3 Å². The summed E-state index contributed by atoms with van der Waals surface area (Å²) in [5.41, 5.74) is 5.26. The monoisotopic (exact) mass is 585 g/mol. The highest BCUT2D eigenvalue weighted by Crippen LogP contribution is 2.33. The van der Waals surface area contributed by atoms with Crippen molar-refractivity contribution < 1.29 is 29.1 Å². The molecule has 2 aliphatic heterocycles. The van der Waals surface area contributed by atoms with Crippen LogP contribution in [0.3, 0.4) is 0 Å². The maximum absolute atomic E-state index is 13.4. The molecular weight excluding hydrogens is 544 g/mol. The van der Waals surface area contributed by atoms with E-state index in [-0.39, 0.29) is 35.8 Å². The van der Waals surface area contributed by atoms with Crippen molar-refractivity contribution >= 4 is 23.3 Å². The van der Waals surface area contributed by atoms with Crippen LogP contribution in [0.25, 0.3) is 0 Å². The van der Waals surface area contributed by atoms with E-state index in [1.165, 1.54) is 0 Å². The summed E-state index contributed by atoms with van der Waals surface area (Å²) in [4.78, 5) is 38.1. The number of hydrogen-bond acceptors (Lipinski definition) is 8. The summed E-state index contributed by atoms with van der Waals surface area (Å²) in [6, 6.07) is 5.41. The van der Waals surface area contributed by atoms with Crippen LogP contribution in [0.5, 0.6) is 0 Å². The highest BCUT2D eigenvalue weighted by atomic mass is 32.1. The molecule has 12 heteroatoms. The number of nitrogens with zero attached hydrogens (tertiary/aromatic N) is 5. The molecule has 4 rings (SSSR count). The van der Waals surface area contributed by atoms with E-state index in [1.807, 2.05) is 27.3 Å². The van der Waals surface area contributed by atoms with E-state index >= 15 is 0 Å². The quantitative estimate of drug-likeness (QED) is 0.201. The van der Waals surface area contributed by atoms with Crippen LogP contribution in [0.1, 0.15) is 65.5 Å². The summed E-state index contributed by atoms with van der Waals surface area (Å²) < 4.78 is 5.79. The Bertz CT molecular complexity index is 1250. The van der Waals surface area contributed by atoms with E-state index in [0.29, 0.717) is 43.1 Å². The molecule has 0 unspecified atom stereocenters. The Morgan fingerprint density at radius 1 is 1.24 bits per heavy atom. The van der Waals surface area contributed by atoms with E-state index in [0.717, 1.165) is 49.1 Å². The number of nitrogens with one attached hydrogen (secondary N) is 1. The molecule has 222 valence electrons. The predicted octanol–water partition coefficient (Wildman–Crippen LogP) is 3.01. The van der Waals surface area contributed by atoms with Crippen LogP contribution in [-0.4, -0.2) is 89.9 Å². The number of likely N-dealkylation sites (tertiary alicyclic amines) is 2. The van der Waals surface area contributed by atoms with Gasteiger partial charge in [-0.05, 0) is 67.5 Å². The Morgan fingerprint density at radius 3 is 2.56 bits per heavy atom. The molecule has 11 nitrogen and oxygen atoms in total. The first-order chi connectivity index (χ1) is 19.7. The molecule has 2 fully saturated rings. The highest BCUT2D eigenvalue weighted by Gasteiger charge is 2.41. The number of pyridine rings is 1.